The molecule has 0 aliphatic carbocycles. The van der Waals surface area contributed by atoms with E-state index in [-0.39, 0.29) is 0 Å². The molecule has 0 atom stereocenters. The number of nitrogens with zero attached hydrogens (tertiary/aromatic N) is 3. The van der Waals surface area contributed by atoms with E-state index in [0.717, 1.165) is 25.0 Å². The third-order valence-corrected chi connectivity index (χ3v) is 10.8. The second-order valence-corrected chi connectivity index (χ2v) is 25.6. The van der Waals surface area contributed by atoms with Gasteiger partial charge in [0.15, 0.2) is 69.2 Å². The summed E-state index contributed by atoms with van der Waals surface area (Å²) in [5.74, 6) is 0. The maximum absolute atomic E-state index is 10.7. The second kappa shape index (κ2) is 17.3. The molecule has 0 aliphatic heterocycles. The molecule has 4 heterocycles. The minimum absolute atomic E-state index is 0.829. The van der Waals surface area contributed by atoms with Crippen LogP contribution in [0.5, 0.6) is 0 Å². The fourth-order valence-electron chi connectivity index (χ4n) is 7.89. The van der Waals surface area contributed by atoms with Crippen LogP contribution in [-0.2, 0) is 25.0 Å². The number of aromatic nitrogens is 4. The third kappa shape index (κ3) is 23.6. The van der Waals surface area contributed by atoms with E-state index in [9.17, 15) is 101 Å². The van der Waals surface area contributed by atoms with Crippen molar-refractivity contribution in [3.8, 4) is 0 Å². The van der Waals surface area contributed by atoms with Crippen molar-refractivity contribution in [2.24, 2.45) is 0 Å². The van der Waals surface area contributed by atoms with Crippen LogP contribution in [0.25, 0.3) is 64.6 Å². The predicted molar refractivity (Wildman–Crippen MR) is 255 cm³/mol. The molecule has 424 valence electrons. The van der Waals surface area contributed by atoms with Gasteiger partial charge in [0.05, 0.1) is 0 Å². The minimum atomic E-state index is -10.7. The van der Waals surface area contributed by atoms with Crippen LogP contribution < -0.4 is 18.7 Å². The van der Waals surface area contributed by atoms with E-state index in [2.05, 4.69) is 181 Å². The number of hydrogen-bond donors (Lipinski definition) is 0. The number of rotatable bonds is 7. The zero-order chi connectivity index (χ0) is 58.1. The van der Waals surface area contributed by atoms with Crippen molar-refractivity contribution in [1.29, 1.82) is 0 Å². The van der Waals surface area contributed by atoms with Crippen molar-refractivity contribution < 1.29 is 119 Å². The fourth-order valence-corrected chi connectivity index (χ4v) is 8.26. The van der Waals surface area contributed by atoms with E-state index in [1.54, 1.807) is 0 Å². The van der Waals surface area contributed by atoms with Crippen LogP contribution in [0.2, 0.25) is 0 Å². The molecule has 0 bridgehead atoms. The average molecular weight is 1280 g/mol. The van der Waals surface area contributed by atoms with Crippen LogP contribution in [0.3, 0.4) is 0 Å². The van der Waals surface area contributed by atoms with E-state index in [1.165, 1.54) is 86.9 Å². The molecule has 0 fully saturated rings. The quantitative estimate of drug-likeness (QED) is 0.0500. The van der Waals surface area contributed by atoms with E-state index in [1.807, 2.05) is 0 Å². The molecule has 0 aliphatic rings. The normalized spacial score (nSPS) is 16.1. The Balaban J connectivity index is 0.000000283. The summed E-state index contributed by atoms with van der Waals surface area (Å²) in [6.45, 7) is 2.52. The van der Waals surface area contributed by atoms with Crippen LogP contribution in [0.1, 0.15) is 22.3 Å². The molecule has 6 aromatic carbocycles. The topological polar surface area (TPSA) is 25.8 Å². The van der Waals surface area contributed by atoms with Crippen LogP contribution in [0.15, 0.2) is 147 Å². The van der Waals surface area contributed by atoms with E-state index in [0.29, 0.717) is 0 Å². The Hall–Kier alpha value is -5.48. The van der Waals surface area contributed by atoms with Gasteiger partial charge in [-0.25, -0.2) is 4.98 Å². The molecular formula is C44H33BrF24N4P4. The third-order valence-electron chi connectivity index (χ3n) is 10.2. The summed E-state index contributed by atoms with van der Waals surface area (Å²) in [4.78, 5) is 3.28. The molecule has 0 amide bonds. The van der Waals surface area contributed by atoms with Gasteiger partial charge < -0.3 is 0 Å². The molecule has 10 rings (SSSR count). The molecular weight excluding hydrogens is 1240 g/mol. The van der Waals surface area contributed by atoms with Crippen LogP contribution in [0, 0.1) is 0 Å². The molecule has 10 aromatic rings. The number of halogens is 25. The molecule has 77 heavy (non-hydrogen) atoms. The molecule has 4 nitrogen and oxygen atoms in total. The summed E-state index contributed by atoms with van der Waals surface area (Å²) in [7, 11) is -42.6. The van der Waals surface area contributed by atoms with Gasteiger partial charge in [0, 0.05) is 86.7 Å². The van der Waals surface area contributed by atoms with Crippen molar-refractivity contribution in [2.45, 2.75) is 25.0 Å². The summed E-state index contributed by atoms with van der Waals surface area (Å²) >= 11 is 3.55. The molecule has 0 unspecified atom stereocenters. The van der Waals surface area contributed by atoms with Crippen molar-refractivity contribution in [1.82, 2.24) is 0 Å². The summed E-state index contributed by atoms with van der Waals surface area (Å²) in [5, 5.41) is 16.4. The van der Waals surface area contributed by atoms with Crippen LogP contribution >= 0.6 is 47.2 Å². The molecule has 0 saturated heterocycles. The Kier molecular flexibility index (Phi) is 13.6. The van der Waals surface area contributed by atoms with Gasteiger partial charge in [0.25, 0.3) is 0 Å². The van der Waals surface area contributed by atoms with E-state index < -0.39 is 31.2 Å². The van der Waals surface area contributed by atoms with Gasteiger partial charge in [0.2, 0.25) is 0 Å². The van der Waals surface area contributed by atoms with Gasteiger partial charge in [-0.15, -0.1) is 0 Å². The molecule has 0 saturated carbocycles. The zero-order valence-corrected chi connectivity index (χ0v) is 42.9. The Labute approximate surface area is 423 Å². The van der Waals surface area contributed by atoms with Gasteiger partial charge in [0.1, 0.15) is 0 Å². The van der Waals surface area contributed by atoms with E-state index >= 15 is 0 Å². The van der Waals surface area contributed by atoms with Gasteiger partial charge in [-0.3, -0.25) is 0 Å². The Bertz CT molecular complexity index is 3540. The molecule has 4 aromatic heterocycles. The Morgan fingerprint density at radius 3 is 0.636 bits per heavy atom. The molecule has 1 N–H and O–H groups in total. The summed E-state index contributed by atoms with van der Waals surface area (Å²) in [6, 6.07) is 36.0. The van der Waals surface area contributed by atoms with Gasteiger partial charge >= 0.3 is 132 Å². The van der Waals surface area contributed by atoms with Crippen LogP contribution in [-0.4, -0.2) is 0 Å². The number of alkyl halides is 1. The first kappa shape index (κ1) is 60.7. The van der Waals surface area contributed by atoms with Crippen molar-refractivity contribution in [3.05, 3.63) is 169 Å². The molecule has 33 heteroatoms. The Morgan fingerprint density at radius 1 is 0.273 bits per heavy atom. The second-order valence-electron chi connectivity index (χ2n) is 17.3. The SMILES string of the molecule is BrCc1ccc(C[n+]2cc3ccc4c[n+](Cc5ccc(C[n+]6cc7ccc8c[nH+]cc9ccc(c6)c7c89)cc5)cc5ccc(c2)c3c45)cc1.F[P-](F)(F)(F)(F)F.F[P-](F)(F)(F)(F)F.F[P-](F)(F)(F)(F)F.F[P-](F)(F)(F)(F)F. The summed E-state index contributed by atoms with van der Waals surface area (Å²) < 4.78 is 244. The standard InChI is InChI=1S/C44H32BrN4.4F6P/c45-17-29-1-3-30(4-2-29)20-47-25-37-13-15-39-27-49(28-40-16-14-38(26-47)43(37)44(39)40)22-32-7-5-31(6-8-32)21-48-23-35-11-9-33-18-46-19-34-10-12-36(24-48)42(35)41(33)34;4*1-7(2,3,4,5)6/h1-16,18-19,23-28H,17,20-22H2;;;;/q+3;4*-1/p+1. The van der Waals surface area contributed by atoms with Gasteiger partial charge in [-0.2, -0.15) is 13.7 Å². The number of H-pyrrole nitrogens is 1. The fraction of sp³-hybridized carbons (Fsp3) is 0.0909. The zero-order valence-electron chi connectivity index (χ0n) is 37.8. The molecule has 0 spiro atoms. The number of nitrogens with one attached hydrogen (secondary N) is 1. The number of benzene rings is 6. The first-order valence-corrected chi connectivity index (χ1v) is 30.1. The van der Waals surface area contributed by atoms with Gasteiger partial charge in [-0.1, -0.05) is 64.5 Å². The molecule has 0 radical (unpaired) electrons. The van der Waals surface area contributed by atoms with Gasteiger partial charge in [-0.05, 0) is 54.1 Å². The summed E-state index contributed by atoms with van der Waals surface area (Å²) in [5.41, 5.74) is 5.20. The Morgan fingerprint density at radius 2 is 0.442 bits per heavy atom. The monoisotopic (exact) mass is 1280 g/mol. The van der Waals surface area contributed by atoms with E-state index in [4.69, 9.17) is 0 Å². The number of aromatic amines is 1. The first-order valence-electron chi connectivity index (χ1n) is 20.9. The van der Waals surface area contributed by atoms with Crippen molar-refractivity contribution >= 4 is 112 Å². The average Bonchev–Trinajstić information content (AvgIpc) is 3.21. The maximum atomic E-state index is 9.87. The summed E-state index contributed by atoms with van der Waals surface area (Å²) in [6.07, 6.45) is 17.9. The predicted octanol–water partition coefficient (Wildman–Crippen LogP) is 21.7. The van der Waals surface area contributed by atoms with Crippen molar-refractivity contribution in [3.63, 3.8) is 0 Å². The van der Waals surface area contributed by atoms with Crippen LogP contribution in [0.4, 0.5) is 101 Å². The first-order chi connectivity index (χ1) is 33.9. The number of hydrogen-bond acceptors (Lipinski definition) is 0. The number of pyridine rings is 4. The van der Waals surface area contributed by atoms with Crippen molar-refractivity contribution in [2.75, 3.05) is 0 Å².